The maximum Gasteiger partial charge on any atom is 0.353 e. The van der Waals surface area contributed by atoms with Crippen molar-refractivity contribution in [3.05, 3.63) is 34.6 Å². The van der Waals surface area contributed by atoms with Crippen LogP contribution < -0.4 is 20.4 Å². The minimum absolute atomic E-state index is 0.145. The summed E-state index contributed by atoms with van der Waals surface area (Å²) in [6.45, 7) is 3.95. The summed E-state index contributed by atoms with van der Waals surface area (Å²) in [4.78, 5) is 28.5. The molecule has 0 aromatic carbocycles. The minimum atomic E-state index is -0.895. The number of pyridine rings is 1. The fraction of sp³-hybridized carbons (Fsp3) is 0.471. The first-order chi connectivity index (χ1) is 14.1. The number of hydrogen-bond donors (Lipinski definition) is 2. The van der Waals surface area contributed by atoms with Crippen LogP contribution in [0.5, 0.6) is 0 Å². The van der Waals surface area contributed by atoms with Crippen molar-refractivity contribution in [3.63, 3.8) is 0 Å². The van der Waals surface area contributed by atoms with E-state index in [2.05, 4.69) is 25.6 Å². The highest BCUT2D eigenvalue weighted by Gasteiger charge is 2.32. The van der Waals surface area contributed by atoms with Gasteiger partial charge in [-0.1, -0.05) is 0 Å². The maximum absolute atomic E-state index is 12.0. The summed E-state index contributed by atoms with van der Waals surface area (Å²) >= 11 is 0. The molecule has 12 heteroatoms. The van der Waals surface area contributed by atoms with Gasteiger partial charge in [-0.05, 0) is 12.1 Å². The number of piperazine rings is 1. The number of rotatable bonds is 5. The Kier molecular flexibility index (Phi) is 5.81. The average Bonchev–Trinajstić information content (AvgIpc) is 2.75. The summed E-state index contributed by atoms with van der Waals surface area (Å²) in [5.41, 5.74) is 0.479. The van der Waals surface area contributed by atoms with Gasteiger partial charge in [0.05, 0.1) is 4.92 Å². The zero-order valence-corrected chi connectivity index (χ0v) is 16.6. The van der Waals surface area contributed by atoms with Gasteiger partial charge in [0, 0.05) is 79.7 Å². The maximum atomic E-state index is 12.0. The Morgan fingerprint density at radius 3 is 2.41 bits per heavy atom. The van der Waals surface area contributed by atoms with Crippen LogP contribution in [0.1, 0.15) is 0 Å². The van der Waals surface area contributed by atoms with Gasteiger partial charge in [-0.25, -0.2) is 0 Å². The van der Waals surface area contributed by atoms with Gasteiger partial charge in [-0.2, -0.15) is 9.97 Å². The van der Waals surface area contributed by atoms with E-state index in [-0.39, 0.29) is 17.3 Å². The molecule has 4 rings (SSSR count). The zero-order valence-electron chi connectivity index (χ0n) is 15.8. The topological polar surface area (TPSA) is 129 Å². The van der Waals surface area contributed by atoms with Gasteiger partial charge in [-0.3, -0.25) is 19.3 Å². The van der Waals surface area contributed by atoms with E-state index in [1.807, 2.05) is 9.80 Å². The second-order valence-corrected chi connectivity index (χ2v) is 8.43. The summed E-state index contributed by atoms with van der Waals surface area (Å²) in [6, 6.07) is 3.44. The molecule has 2 aliphatic heterocycles. The summed E-state index contributed by atoms with van der Waals surface area (Å²) in [6.07, 6.45) is 3.21. The van der Waals surface area contributed by atoms with Crippen molar-refractivity contribution in [3.8, 4) is 0 Å². The number of nitrogens with one attached hydrogen (secondary N) is 2. The van der Waals surface area contributed by atoms with Crippen molar-refractivity contribution >= 4 is 39.8 Å². The second-order valence-electron chi connectivity index (χ2n) is 6.73. The molecule has 2 aromatic heterocycles. The molecule has 0 bridgehead atoms. The SMILES string of the molecule is O=[N+]([O-])c1c(Nc2ccncc2)nc(N2CCNCC2)nc1N1CCS(=O)CC1. The lowest BCUT2D eigenvalue weighted by Crippen LogP contribution is -2.45. The molecule has 0 spiro atoms. The molecule has 2 aromatic rings. The molecular formula is C17H22N8O3S. The zero-order chi connectivity index (χ0) is 20.2. The van der Waals surface area contributed by atoms with E-state index in [1.54, 1.807) is 24.5 Å². The Morgan fingerprint density at radius 2 is 1.76 bits per heavy atom. The molecule has 0 amide bonds. The van der Waals surface area contributed by atoms with Crippen molar-refractivity contribution < 1.29 is 9.13 Å². The first kappa shape index (κ1) is 19.5. The Bertz CT molecular complexity index is 897. The summed E-state index contributed by atoms with van der Waals surface area (Å²) in [5.74, 6) is 1.81. The highest BCUT2D eigenvalue weighted by Crippen LogP contribution is 2.36. The fourth-order valence-corrected chi connectivity index (χ4v) is 4.39. The van der Waals surface area contributed by atoms with Gasteiger partial charge in [-0.15, -0.1) is 0 Å². The van der Waals surface area contributed by atoms with Crippen LogP contribution in [0, 0.1) is 10.1 Å². The predicted molar refractivity (Wildman–Crippen MR) is 111 cm³/mol. The molecule has 0 unspecified atom stereocenters. The van der Waals surface area contributed by atoms with Gasteiger partial charge in [0.15, 0.2) is 0 Å². The van der Waals surface area contributed by atoms with E-state index >= 15 is 0 Å². The molecule has 4 heterocycles. The molecule has 0 atom stereocenters. The van der Waals surface area contributed by atoms with Gasteiger partial charge in [0.25, 0.3) is 0 Å². The molecule has 154 valence electrons. The molecule has 2 aliphatic rings. The highest BCUT2D eigenvalue weighted by molar-refractivity contribution is 7.85. The average molecular weight is 418 g/mol. The summed E-state index contributed by atoms with van der Waals surface area (Å²) in [7, 11) is -0.895. The van der Waals surface area contributed by atoms with Gasteiger partial charge < -0.3 is 20.4 Å². The highest BCUT2D eigenvalue weighted by atomic mass is 32.2. The van der Waals surface area contributed by atoms with E-state index in [0.29, 0.717) is 36.2 Å². The summed E-state index contributed by atoms with van der Waals surface area (Å²) in [5, 5.41) is 18.3. The molecule has 11 nitrogen and oxygen atoms in total. The summed E-state index contributed by atoms with van der Waals surface area (Å²) < 4.78 is 11.8. The third kappa shape index (κ3) is 4.43. The number of nitro groups is 1. The third-order valence-corrected chi connectivity index (χ3v) is 6.13. The van der Waals surface area contributed by atoms with Crippen LogP contribution in [0.2, 0.25) is 0 Å². The Balaban J connectivity index is 1.79. The molecule has 0 radical (unpaired) electrons. The predicted octanol–water partition coefficient (Wildman–Crippen LogP) is 0.502. The van der Waals surface area contributed by atoms with E-state index < -0.39 is 15.7 Å². The first-order valence-corrected chi connectivity index (χ1v) is 10.9. The number of hydrogen-bond acceptors (Lipinski definition) is 10. The van der Waals surface area contributed by atoms with Crippen molar-refractivity contribution in [1.82, 2.24) is 20.3 Å². The van der Waals surface area contributed by atoms with Crippen LogP contribution in [0.25, 0.3) is 0 Å². The lowest BCUT2D eigenvalue weighted by Gasteiger charge is -2.31. The lowest BCUT2D eigenvalue weighted by atomic mass is 10.3. The normalized spacial score (nSPS) is 17.9. The number of nitrogens with zero attached hydrogens (tertiary/aromatic N) is 6. The van der Waals surface area contributed by atoms with Crippen molar-refractivity contribution in [2.24, 2.45) is 0 Å². The molecule has 29 heavy (non-hydrogen) atoms. The Labute approximate surface area is 170 Å². The van der Waals surface area contributed by atoms with E-state index in [1.165, 1.54) is 0 Å². The minimum Gasteiger partial charge on any atom is -0.349 e. The molecule has 2 fully saturated rings. The van der Waals surface area contributed by atoms with Crippen molar-refractivity contribution in [2.45, 2.75) is 0 Å². The quantitative estimate of drug-likeness (QED) is 0.523. The van der Waals surface area contributed by atoms with Crippen molar-refractivity contribution in [2.75, 3.05) is 65.9 Å². The monoisotopic (exact) mass is 418 g/mol. The van der Waals surface area contributed by atoms with Crippen LogP contribution >= 0.6 is 0 Å². The van der Waals surface area contributed by atoms with Gasteiger partial charge in [0.1, 0.15) is 0 Å². The molecule has 2 N–H and O–H groups in total. The van der Waals surface area contributed by atoms with E-state index in [0.717, 1.165) is 26.2 Å². The largest absolute Gasteiger partial charge is 0.353 e. The van der Waals surface area contributed by atoms with Crippen LogP contribution in [0.15, 0.2) is 24.5 Å². The Hall–Kier alpha value is -2.86. The second kappa shape index (κ2) is 8.66. The van der Waals surface area contributed by atoms with Gasteiger partial charge in [0.2, 0.25) is 17.6 Å². The van der Waals surface area contributed by atoms with Crippen LogP contribution in [-0.4, -0.2) is 74.9 Å². The molecule has 2 saturated heterocycles. The van der Waals surface area contributed by atoms with E-state index in [9.17, 15) is 14.3 Å². The standard InChI is InChI=1S/C17H22N8O3S/c26-25(27)14-15(20-13-1-3-18-4-2-13)21-17(24-7-5-19-6-8-24)22-16(14)23-9-11-29(28)12-10-23/h1-4,19H,5-12H2,(H,18,20,21,22). The third-order valence-electron chi connectivity index (χ3n) is 4.86. The Morgan fingerprint density at radius 1 is 1.07 bits per heavy atom. The smallest absolute Gasteiger partial charge is 0.349 e. The van der Waals surface area contributed by atoms with Crippen molar-refractivity contribution in [1.29, 1.82) is 0 Å². The fourth-order valence-electron chi connectivity index (χ4n) is 3.34. The molecule has 0 saturated carbocycles. The number of anilines is 4. The molecule has 0 aliphatic carbocycles. The van der Waals surface area contributed by atoms with Crippen LogP contribution in [0.4, 0.5) is 29.0 Å². The number of aromatic nitrogens is 3. The van der Waals surface area contributed by atoms with Crippen LogP contribution in [-0.2, 0) is 10.8 Å². The first-order valence-electron chi connectivity index (χ1n) is 9.41. The molecular weight excluding hydrogens is 396 g/mol. The van der Waals surface area contributed by atoms with E-state index in [4.69, 9.17) is 0 Å². The van der Waals surface area contributed by atoms with Crippen LogP contribution in [0.3, 0.4) is 0 Å². The van der Waals surface area contributed by atoms with Gasteiger partial charge >= 0.3 is 5.69 Å². The lowest BCUT2D eigenvalue weighted by molar-refractivity contribution is -0.383.